The van der Waals surface area contributed by atoms with Crippen molar-refractivity contribution in [2.45, 2.75) is 50.5 Å². The first-order valence-corrected chi connectivity index (χ1v) is 16.8. The summed E-state index contributed by atoms with van der Waals surface area (Å²) in [4.78, 5) is 16.1. The molecular formula is C41H36N4O3. The smallest absolute Gasteiger partial charge is 0.252 e. The Morgan fingerprint density at radius 2 is 1.52 bits per heavy atom. The first kappa shape index (κ1) is 28.1. The quantitative estimate of drug-likeness (QED) is 0.209. The average Bonchev–Trinajstić information content (AvgIpc) is 3.76. The Balaban J connectivity index is 1.19. The Hall–Kier alpha value is -4.95. The highest BCUT2D eigenvalue weighted by molar-refractivity contribution is 6.31. The molecule has 5 aromatic carbocycles. The van der Waals surface area contributed by atoms with Crippen molar-refractivity contribution in [3.63, 3.8) is 0 Å². The molecule has 1 fully saturated rings. The van der Waals surface area contributed by atoms with Crippen molar-refractivity contribution in [1.29, 1.82) is 0 Å². The summed E-state index contributed by atoms with van der Waals surface area (Å²) in [5.41, 5.74) is 9.07. The number of likely N-dealkylation sites (N-methyl/N-ethyl adjacent to an activating group) is 1. The van der Waals surface area contributed by atoms with Gasteiger partial charge in [0.05, 0.1) is 27.6 Å². The van der Waals surface area contributed by atoms with Crippen LogP contribution in [-0.2, 0) is 28.3 Å². The van der Waals surface area contributed by atoms with Crippen LogP contribution >= 0.6 is 0 Å². The van der Waals surface area contributed by atoms with Crippen LogP contribution in [0.3, 0.4) is 0 Å². The second kappa shape index (κ2) is 10.0. The molecule has 7 nitrogen and oxygen atoms in total. The summed E-state index contributed by atoms with van der Waals surface area (Å²) in [6.45, 7) is 3.48. The molecular weight excluding hydrogens is 596 g/mol. The fourth-order valence-corrected chi connectivity index (χ4v) is 9.28. The van der Waals surface area contributed by atoms with Crippen LogP contribution < -0.4 is 5.32 Å². The first-order valence-electron chi connectivity index (χ1n) is 16.8. The fourth-order valence-electron chi connectivity index (χ4n) is 9.28. The molecule has 0 saturated carbocycles. The molecule has 0 aliphatic carbocycles. The van der Waals surface area contributed by atoms with Crippen molar-refractivity contribution < 1.29 is 14.3 Å². The highest BCUT2D eigenvalue weighted by atomic mass is 16.6. The number of hydrogen-bond acceptors (Lipinski definition) is 4. The molecule has 2 bridgehead atoms. The van der Waals surface area contributed by atoms with Crippen molar-refractivity contribution in [2.75, 3.05) is 14.2 Å². The second-order valence-electron chi connectivity index (χ2n) is 13.8. The van der Waals surface area contributed by atoms with E-state index in [9.17, 15) is 4.79 Å². The van der Waals surface area contributed by atoms with Crippen LogP contribution in [0.2, 0.25) is 0 Å². The van der Waals surface area contributed by atoms with Crippen LogP contribution in [0.5, 0.6) is 0 Å². The van der Waals surface area contributed by atoms with Crippen molar-refractivity contribution >= 4 is 49.5 Å². The van der Waals surface area contributed by atoms with Gasteiger partial charge < -0.3 is 23.9 Å². The molecule has 4 unspecified atom stereocenters. The number of hydrogen-bond donors (Lipinski definition) is 1. The molecule has 4 atom stereocenters. The van der Waals surface area contributed by atoms with Gasteiger partial charge in [-0.2, -0.15) is 0 Å². The number of para-hydroxylation sites is 2. The number of nitrogens with one attached hydrogen (secondary N) is 1. The predicted molar refractivity (Wildman–Crippen MR) is 190 cm³/mol. The zero-order valence-electron chi connectivity index (χ0n) is 27.2. The molecule has 3 aliphatic rings. The lowest BCUT2D eigenvalue weighted by molar-refractivity contribution is -0.268. The minimum atomic E-state index is -0.841. The fraction of sp³-hybridized carbons (Fsp3) is 0.244. The van der Waals surface area contributed by atoms with Crippen molar-refractivity contribution in [3.8, 4) is 11.1 Å². The first-order chi connectivity index (χ1) is 23.5. The van der Waals surface area contributed by atoms with E-state index in [0.29, 0.717) is 6.54 Å². The van der Waals surface area contributed by atoms with Crippen molar-refractivity contribution in [2.24, 2.45) is 0 Å². The molecule has 2 aromatic heterocycles. The molecule has 7 heteroatoms. The third kappa shape index (κ3) is 3.61. The number of amides is 1. The zero-order valence-corrected chi connectivity index (χ0v) is 27.2. The van der Waals surface area contributed by atoms with E-state index < -0.39 is 5.72 Å². The van der Waals surface area contributed by atoms with Gasteiger partial charge in [0.25, 0.3) is 5.91 Å². The monoisotopic (exact) mass is 632 g/mol. The largest absolute Gasteiger partial charge is 0.375 e. The number of aromatic nitrogens is 2. The van der Waals surface area contributed by atoms with E-state index in [2.05, 4.69) is 136 Å². The number of benzene rings is 5. The van der Waals surface area contributed by atoms with Gasteiger partial charge in [0.2, 0.25) is 0 Å². The van der Waals surface area contributed by atoms with Crippen LogP contribution in [0, 0.1) is 0 Å². The predicted octanol–water partition coefficient (Wildman–Crippen LogP) is 7.93. The van der Waals surface area contributed by atoms with Crippen LogP contribution in [0.4, 0.5) is 0 Å². The lowest BCUT2D eigenvalue weighted by atomic mass is 9.91. The number of carbonyl (C=O) groups excluding carboxylic acids is 1. The minimum absolute atomic E-state index is 0.00311. The summed E-state index contributed by atoms with van der Waals surface area (Å²) in [6.07, 6.45) is 0.176. The molecule has 0 spiro atoms. The summed E-state index contributed by atoms with van der Waals surface area (Å²) in [7, 11) is 4.03. The molecule has 1 saturated heterocycles. The van der Waals surface area contributed by atoms with E-state index in [4.69, 9.17) is 9.47 Å². The summed E-state index contributed by atoms with van der Waals surface area (Å²) in [5.74, 6) is -0.00311. The molecule has 7 aromatic rings. The molecule has 3 aliphatic heterocycles. The van der Waals surface area contributed by atoms with E-state index >= 15 is 0 Å². The topological polar surface area (TPSA) is 60.7 Å². The van der Waals surface area contributed by atoms with Gasteiger partial charge in [0.1, 0.15) is 12.3 Å². The van der Waals surface area contributed by atoms with E-state index in [1.54, 1.807) is 0 Å². The van der Waals surface area contributed by atoms with Gasteiger partial charge in [-0.3, -0.25) is 9.69 Å². The maximum absolute atomic E-state index is 13.6. The van der Waals surface area contributed by atoms with E-state index in [-0.39, 0.29) is 24.3 Å². The lowest BCUT2D eigenvalue weighted by Crippen LogP contribution is -2.60. The highest BCUT2D eigenvalue weighted by Gasteiger charge is 2.54. The lowest BCUT2D eigenvalue weighted by Gasteiger charge is -2.50. The summed E-state index contributed by atoms with van der Waals surface area (Å²) >= 11 is 0. The number of rotatable bonds is 5. The minimum Gasteiger partial charge on any atom is -0.375 e. The van der Waals surface area contributed by atoms with Gasteiger partial charge in [0, 0.05) is 54.2 Å². The summed E-state index contributed by atoms with van der Waals surface area (Å²) in [6, 6.07) is 36.5. The maximum Gasteiger partial charge on any atom is 0.252 e. The van der Waals surface area contributed by atoms with Crippen LogP contribution in [-0.4, -0.2) is 46.2 Å². The SMILES string of the molecule is COC1C(N(C)Cc2ccc(-c3ccccc3)cc2)CC2OC1(C)n1c3ccccc3c3c4c(c5c6ccccc6n2c5c31)C(=O)NC4. The third-order valence-electron chi connectivity index (χ3n) is 11.3. The Morgan fingerprint density at radius 3 is 2.27 bits per heavy atom. The van der Waals surface area contributed by atoms with Crippen LogP contribution in [0.1, 0.15) is 41.1 Å². The van der Waals surface area contributed by atoms with Gasteiger partial charge in [-0.15, -0.1) is 0 Å². The van der Waals surface area contributed by atoms with Crippen molar-refractivity contribution in [1.82, 2.24) is 19.4 Å². The van der Waals surface area contributed by atoms with Gasteiger partial charge in [-0.25, -0.2) is 0 Å². The normalized spacial score (nSPS) is 23.1. The van der Waals surface area contributed by atoms with Gasteiger partial charge in [-0.1, -0.05) is 91.0 Å². The Labute approximate surface area is 278 Å². The molecule has 1 N–H and O–H groups in total. The molecule has 238 valence electrons. The average molecular weight is 633 g/mol. The number of fused-ring (bicyclic) bond motifs is 13. The van der Waals surface area contributed by atoms with Crippen molar-refractivity contribution in [3.05, 3.63) is 120 Å². The number of carbonyl (C=O) groups is 1. The molecule has 48 heavy (non-hydrogen) atoms. The van der Waals surface area contributed by atoms with Gasteiger partial charge in [-0.05, 0) is 48.4 Å². The zero-order chi connectivity index (χ0) is 32.3. The van der Waals surface area contributed by atoms with E-state index in [1.165, 1.54) is 16.7 Å². The molecule has 0 radical (unpaired) electrons. The standard InChI is InChI=1S/C41H36N4O3/c1-41-39(47-3)32(43(2)23-24-17-19-26(20-18-24)25-11-5-4-6-12-25)21-33(48-41)44-30-15-9-7-13-27(30)35-36-29(22-42-40(36)46)34-28-14-8-10-16-31(28)45(41)38(34)37(35)44/h4-20,32-33,39H,21-23H2,1-3H3,(H,42,46). The second-order valence-corrected chi connectivity index (χ2v) is 13.8. The number of ether oxygens (including phenoxy) is 2. The summed E-state index contributed by atoms with van der Waals surface area (Å²) < 4.78 is 18.7. The maximum atomic E-state index is 13.6. The molecule has 10 rings (SSSR count). The Kier molecular flexibility index (Phi) is 5.87. The van der Waals surface area contributed by atoms with E-state index in [1.807, 2.05) is 7.11 Å². The van der Waals surface area contributed by atoms with Gasteiger partial charge in [0.15, 0.2) is 5.72 Å². The van der Waals surface area contributed by atoms with Crippen LogP contribution in [0.25, 0.3) is 54.7 Å². The highest BCUT2D eigenvalue weighted by Crippen LogP contribution is 2.54. The Bertz CT molecular complexity index is 2440. The third-order valence-corrected chi connectivity index (χ3v) is 11.3. The van der Waals surface area contributed by atoms with Gasteiger partial charge >= 0.3 is 0 Å². The molecule has 5 heterocycles. The number of methoxy groups -OCH3 is 1. The summed E-state index contributed by atoms with van der Waals surface area (Å²) in [5, 5.41) is 7.54. The Morgan fingerprint density at radius 1 is 0.854 bits per heavy atom. The van der Waals surface area contributed by atoms with E-state index in [0.717, 1.165) is 67.7 Å². The number of nitrogens with zero attached hydrogens (tertiary/aromatic N) is 3. The van der Waals surface area contributed by atoms with Crippen LogP contribution in [0.15, 0.2) is 103 Å². The molecule has 1 amide bonds.